The highest BCUT2D eigenvalue weighted by Gasteiger charge is 2.11. The van der Waals surface area contributed by atoms with Gasteiger partial charge in [-0.15, -0.1) is 0 Å². The van der Waals surface area contributed by atoms with Crippen molar-refractivity contribution >= 4 is 5.69 Å². The van der Waals surface area contributed by atoms with Gasteiger partial charge in [0.25, 0.3) is 0 Å². The van der Waals surface area contributed by atoms with Crippen LogP contribution in [-0.4, -0.2) is 39.5 Å². The van der Waals surface area contributed by atoms with Gasteiger partial charge in [-0.25, -0.2) is 0 Å². The zero-order valence-corrected chi connectivity index (χ0v) is 10.1. The maximum Gasteiger partial charge on any atom is 0.121 e. The molecule has 0 amide bonds. The Morgan fingerprint density at radius 2 is 2.12 bits per heavy atom. The number of anilines is 1. The van der Waals surface area contributed by atoms with Crippen molar-refractivity contribution in [1.29, 1.82) is 0 Å². The van der Waals surface area contributed by atoms with Gasteiger partial charge in [-0.3, -0.25) is 0 Å². The van der Waals surface area contributed by atoms with Crippen LogP contribution in [0.25, 0.3) is 0 Å². The Bertz CT molecular complexity index is 338. The molecule has 2 rings (SSSR count). The predicted molar refractivity (Wildman–Crippen MR) is 68.6 cm³/mol. The summed E-state index contributed by atoms with van der Waals surface area (Å²) in [7, 11) is 0. The Morgan fingerprint density at radius 3 is 2.88 bits per heavy atom. The van der Waals surface area contributed by atoms with Gasteiger partial charge in [-0.1, -0.05) is 6.07 Å². The van der Waals surface area contributed by atoms with Crippen LogP contribution in [0.15, 0.2) is 24.3 Å². The van der Waals surface area contributed by atoms with Crippen molar-refractivity contribution in [2.75, 3.05) is 44.4 Å². The lowest BCUT2D eigenvalue weighted by atomic mass is 10.2. The molecule has 17 heavy (non-hydrogen) atoms. The van der Waals surface area contributed by atoms with E-state index in [0.29, 0.717) is 13.2 Å². The van der Waals surface area contributed by atoms with E-state index in [9.17, 15) is 0 Å². The lowest BCUT2D eigenvalue weighted by Gasteiger charge is -2.29. The van der Waals surface area contributed by atoms with Crippen molar-refractivity contribution in [3.63, 3.8) is 0 Å². The van der Waals surface area contributed by atoms with Crippen LogP contribution >= 0.6 is 0 Å². The summed E-state index contributed by atoms with van der Waals surface area (Å²) in [5, 5.41) is 0. The molecule has 1 aliphatic rings. The van der Waals surface area contributed by atoms with E-state index in [2.05, 4.69) is 17.0 Å². The fourth-order valence-electron chi connectivity index (χ4n) is 1.86. The summed E-state index contributed by atoms with van der Waals surface area (Å²) < 4.78 is 11.0. The smallest absolute Gasteiger partial charge is 0.121 e. The maximum atomic E-state index is 5.64. The molecule has 1 heterocycles. The average molecular weight is 236 g/mol. The Labute approximate surface area is 102 Å². The predicted octanol–water partition coefficient (Wildman–Crippen LogP) is 1.25. The molecule has 0 unspecified atom stereocenters. The maximum absolute atomic E-state index is 5.64. The summed E-state index contributed by atoms with van der Waals surface area (Å²) in [6.07, 6.45) is 0.891. The second kappa shape index (κ2) is 6.47. The molecule has 0 radical (unpaired) electrons. The number of rotatable bonds is 5. The van der Waals surface area contributed by atoms with E-state index in [1.165, 1.54) is 5.69 Å². The number of nitrogens with two attached hydrogens (primary N) is 1. The zero-order chi connectivity index (χ0) is 11.9. The van der Waals surface area contributed by atoms with Crippen LogP contribution in [0.2, 0.25) is 0 Å². The van der Waals surface area contributed by atoms with E-state index in [1.54, 1.807) is 0 Å². The monoisotopic (exact) mass is 236 g/mol. The minimum atomic E-state index is 0.670. The van der Waals surface area contributed by atoms with Crippen molar-refractivity contribution in [2.45, 2.75) is 6.42 Å². The number of hydrogen-bond acceptors (Lipinski definition) is 4. The highest BCUT2D eigenvalue weighted by atomic mass is 16.5. The van der Waals surface area contributed by atoms with Gasteiger partial charge in [-0.2, -0.15) is 0 Å². The summed E-state index contributed by atoms with van der Waals surface area (Å²) >= 11 is 0. The summed E-state index contributed by atoms with van der Waals surface area (Å²) in [6, 6.07) is 8.21. The van der Waals surface area contributed by atoms with Gasteiger partial charge in [0.1, 0.15) is 5.75 Å². The van der Waals surface area contributed by atoms with Gasteiger partial charge in [0, 0.05) is 24.8 Å². The van der Waals surface area contributed by atoms with Crippen LogP contribution in [0.1, 0.15) is 6.42 Å². The van der Waals surface area contributed by atoms with Crippen molar-refractivity contribution in [1.82, 2.24) is 0 Å². The number of hydrogen-bond donors (Lipinski definition) is 1. The molecule has 4 nitrogen and oxygen atoms in total. The van der Waals surface area contributed by atoms with Crippen LogP contribution in [0.5, 0.6) is 5.75 Å². The molecule has 1 fully saturated rings. The third-order valence-corrected chi connectivity index (χ3v) is 2.81. The first-order chi connectivity index (χ1) is 8.40. The van der Waals surface area contributed by atoms with E-state index in [0.717, 1.165) is 38.5 Å². The van der Waals surface area contributed by atoms with Gasteiger partial charge in [-0.05, 0) is 25.1 Å². The second-order valence-corrected chi connectivity index (χ2v) is 4.09. The fourth-order valence-corrected chi connectivity index (χ4v) is 1.86. The van der Waals surface area contributed by atoms with Gasteiger partial charge in [0.15, 0.2) is 0 Å². The van der Waals surface area contributed by atoms with E-state index >= 15 is 0 Å². The molecule has 0 saturated carbocycles. The molecule has 2 N–H and O–H groups in total. The lowest BCUT2D eigenvalue weighted by molar-refractivity contribution is 0.122. The van der Waals surface area contributed by atoms with Crippen LogP contribution in [-0.2, 0) is 4.74 Å². The molecule has 94 valence electrons. The van der Waals surface area contributed by atoms with E-state index in [4.69, 9.17) is 15.2 Å². The molecule has 4 heteroatoms. The quantitative estimate of drug-likeness (QED) is 0.782. The molecule has 1 aromatic rings. The van der Waals surface area contributed by atoms with Crippen molar-refractivity contribution < 1.29 is 9.47 Å². The molecule has 1 saturated heterocycles. The minimum absolute atomic E-state index is 0.670. The third-order valence-electron chi connectivity index (χ3n) is 2.81. The largest absolute Gasteiger partial charge is 0.493 e. The highest BCUT2D eigenvalue weighted by Crippen LogP contribution is 2.22. The van der Waals surface area contributed by atoms with Crippen LogP contribution in [0, 0.1) is 0 Å². The van der Waals surface area contributed by atoms with Crippen LogP contribution in [0.3, 0.4) is 0 Å². The summed E-state index contributed by atoms with van der Waals surface area (Å²) in [5.41, 5.74) is 6.64. The van der Waals surface area contributed by atoms with Gasteiger partial charge < -0.3 is 20.1 Å². The molecule has 0 aromatic heterocycles. The highest BCUT2D eigenvalue weighted by molar-refractivity contribution is 5.50. The SMILES string of the molecule is NCCCOc1cccc(N2CCOCC2)c1. The molecule has 1 aliphatic heterocycles. The average Bonchev–Trinajstić information content (AvgIpc) is 2.41. The number of ether oxygens (including phenoxy) is 2. The fraction of sp³-hybridized carbons (Fsp3) is 0.538. The normalized spacial score (nSPS) is 15.9. The summed E-state index contributed by atoms with van der Waals surface area (Å²) in [4.78, 5) is 2.32. The Kier molecular flexibility index (Phi) is 4.64. The molecular weight excluding hydrogens is 216 g/mol. The van der Waals surface area contributed by atoms with Crippen molar-refractivity contribution in [3.05, 3.63) is 24.3 Å². The van der Waals surface area contributed by atoms with Crippen molar-refractivity contribution in [2.24, 2.45) is 5.73 Å². The van der Waals surface area contributed by atoms with E-state index in [1.807, 2.05) is 12.1 Å². The van der Waals surface area contributed by atoms with Gasteiger partial charge in [0.05, 0.1) is 19.8 Å². The molecule has 0 aliphatic carbocycles. The number of nitrogens with zero attached hydrogens (tertiary/aromatic N) is 1. The van der Waals surface area contributed by atoms with Gasteiger partial charge >= 0.3 is 0 Å². The Balaban J connectivity index is 1.95. The standard InChI is InChI=1S/C13H20N2O2/c14-5-2-8-17-13-4-1-3-12(11-13)15-6-9-16-10-7-15/h1,3-4,11H,2,5-10,14H2. The molecule has 1 aromatic carbocycles. The van der Waals surface area contributed by atoms with Crippen LogP contribution < -0.4 is 15.4 Å². The first-order valence-corrected chi connectivity index (χ1v) is 6.16. The zero-order valence-electron chi connectivity index (χ0n) is 10.1. The molecule has 0 bridgehead atoms. The molecule has 0 spiro atoms. The summed E-state index contributed by atoms with van der Waals surface area (Å²) in [6.45, 7) is 4.86. The third kappa shape index (κ3) is 3.61. The number of morpholine rings is 1. The minimum Gasteiger partial charge on any atom is -0.493 e. The second-order valence-electron chi connectivity index (χ2n) is 4.09. The molecular formula is C13H20N2O2. The van der Waals surface area contributed by atoms with Crippen LogP contribution in [0.4, 0.5) is 5.69 Å². The Morgan fingerprint density at radius 1 is 1.29 bits per heavy atom. The first-order valence-electron chi connectivity index (χ1n) is 6.16. The topological polar surface area (TPSA) is 47.7 Å². The van der Waals surface area contributed by atoms with Crippen molar-refractivity contribution in [3.8, 4) is 5.75 Å². The van der Waals surface area contributed by atoms with Gasteiger partial charge in [0.2, 0.25) is 0 Å². The molecule has 0 atom stereocenters. The summed E-state index contributed by atoms with van der Waals surface area (Å²) in [5.74, 6) is 0.919. The first kappa shape index (κ1) is 12.2. The number of benzene rings is 1. The van der Waals surface area contributed by atoms with E-state index in [-0.39, 0.29) is 0 Å². The lowest BCUT2D eigenvalue weighted by Crippen LogP contribution is -2.36. The Hall–Kier alpha value is -1.26. The van der Waals surface area contributed by atoms with E-state index < -0.39 is 0 Å².